The molecule has 5 aromatic carbocycles. The van der Waals surface area contributed by atoms with E-state index in [1.54, 1.807) is 0 Å². The van der Waals surface area contributed by atoms with E-state index in [4.69, 9.17) is 11.6 Å². The number of halogens is 1. The summed E-state index contributed by atoms with van der Waals surface area (Å²) < 4.78 is 0. The summed E-state index contributed by atoms with van der Waals surface area (Å²) >= 11 is 6.49. The van der Waals surface area contributed by atoms with Crippen molar-refractivity contribution in [2.45, 2.75) is 19.3 Å². The van der Waals surface area contributed by atoms with Gasteiger partial charge in [0.15, 0.2) is 0 Å². The van der Waals surface area contributed by atoms with E-state index in [-0.39, 0.29) is 5.41 Å². The van der Waals surface area contributed by atoms with Crippen molar-refractivity contribution in [3.63, 3.8) is 0 Å². The van der Waals surface area contributed by atoms with Gasteiger partial charge in [0.2, 0.25) is 0 Å². The Morgan fingerprint density at radius 3 is 1.81 bits per heavy atom. The zero-order valence-electron chi connectivity index (χ0n) is 18.2. The van der Waals surface area contributed by atoms with Gasteiger partial charge < -0.3 is 0 Å². The third-order valence-electron chi connectivity index (χ3n) is 6.96. The molecule has 0 saturated carbocycles. The maximum Gasteiger partial charge on any atom is 0.0484 e. The molecule has 154 valence electrons. The molecule has 0 aliphatic heterocycles. The van der Waals surface area contributed by atoms with Gasteiger partial charge in [-0.25, -0.2) is 0 Å². The number of benzene rings is 5. The molecule has 0 aromatic heterocycles. The van der Waals surface area contributed by atoms with E-state index in [0.29, 0.717) is 0 Å². The smallest absolute Gasteiger partial charge is 0.0484 e. The average Bonchev–Trinajstić information content (AvgIpc) is 3.06. The number of hydrogen-bond donors (Lipinski definition) is 0. The lowest BCUT2D eigenvalue weighted by Crippen LogP contribution is -2.14. The first kappa shape index (κ1) is 19.3. The van der Waals surface area contributed by atoms with Crippen molar-refractivity contribution in [2.75, 3.05) is 0 Å². The second-order valence-electron chi connectivity index (χ2n) is 9.15. The van der Waals surface area contributed by atoms with Crippen molar-refractivity contribution >= 4 is 22.4 Å². The molecule has 1 aliphatic carbocycles. The summed E-state index contributed by atoms with van der Waals surface area (Å²) in [5, 5.41) is 3.08. The Morgan fingerprint density at radius 2 is 1.09 bits per heavy atom. The van der Waals surface area contributed by atoms with Crippen LogP contribution in [0.2, 0.25) is 5.02 Å². The summed E-state index contributed by atoms with van der Waals surface area (Å²) in [6.45, 7) is 4.66. The highest BCUT2D eigenvalue weighted by atomic mass is 35.5. The Morgan fingerprint density at radius 1 is 0.500 bits per heavy atom. The van der Waals surface area contributed by atoms with Gasteiger partial charge in [0.25, 0.3) is 0 Å². The number of fused-ring (bicyclic) bond motifs is 4. The van der Waals surface area contributed by atoms with Crippen LogP contribution >= 0.6 is 11.6 Å². The van der Waals surface area contributed by atoms with Crippen molar-refractivity contribution in [3.05, 3.63) is 119 Å². The van der Waals surface area contributed by atoms with Crippen LogP contribution in [0.15, 0.2) is 103 Å². The monoisotopic (exact) mass is 430 g/mol. The van der Waals surface area contributed by atoms with Crippen LogP contribution in [0.25, 0.3) is 44.2 Å². The first-order valence-electron chi connectivity index (χ1n) is 11.1. The van der Waals surface area contributed by atoms with Crippen molar-refractivity contribution in [3.8, 4) is 33.4 Å². The molecule has 0 saturated heterocycles. The molecule has 5 aromatic rings. The summed E-state index contributed by atoms with van der Waals surface area (Å²) in [7, 11) is 0. The summed E-state index contributed by atoms with van der Waals surface area (Å²) in [5.41, 5.74) is 10.4. The van der Waals surface area contributed by atoms with Crippen molar-refractivity contribution in [2.24, 2.45) is 0 Å². The van der Waals surface area contributed by atoms with Gasteiger partial charge in [0.05, 0.1) is 0 Å². The Balaban J connectivity index is 1.57. The van der Waals surface area contributed by atoms with Gasteiger partial charge in [-0.1, -0.05) is 110 Å². The lowest BCUT2D eigenvalue weighted by molar-refractivity contribution is 0.660. The third-order valence-corrected chi connectivity index (χ3v) is 7.29. The molecule has 0 spiro atoms. The van der Waals surface area contributed by atoms with Gasteiger partial charge in [-0.05, 0) is 68.1 Å². The predicted octanol–water partition coefficient (Wildman–Crippen LogP) is 9.13. The Labute approximate surface area is 194 Å². The van der Waals surface area contributed by atoms with E-state index in [0.717, 1.165) is 10.4 Å². The van der Waals surface area contributed by atoms with Gasteiger partial charge in [-0.3, -0.25) is 0 Å². The second-order valence-corrected chi connectivity index (χ2v) is 9.56. The summed E-state index contributed by atoms with van der Waals surface area (Å²) in [6.07, 6.45) is 0. The fourth-order valence-electron chi connectivity index (χ4n) is 5.26. The van der Waals surface area contributed by atoms with Crippen LogP contribution in [0.5, 0.6) is 0 Å². The first-order valence-corrected chi connectivity index (χ1v) is 11.4. The zero-order chi connectivity index (χ0) is 21.9. The Bertz CT molecular complexity index is 1490. The highest BCUT2D eigenvalue weighted by Crippen LogP contribution is 2.51. The maximum atomic E-state index is 6.49. The van der Waals surface area contributed by atoms with Gasteiger partial charge in [0, 0.05) is 15.8 Å². The van der Waals surface area contributed by atoms with Gasteiger partial charge >= 0.3 is 0 Å². The molecule has 0 unspecified atom stereocenters. The SMILES string of the molecule is CC1(C)c2ccc(-c3ccccc3)cc2-c2cc(-c3ccc(Cl)c4ccccc34)ccc21. The molecule has 1 heteroatoms. The highest BCUT2D eigenvalue weighted by molar-refractivity contribution is 6.36. The second kappa shape index (κ2) is 7.08. The van der Waals surface area contributed by atoms with Gasteiger partial charge in [0.1, 0.15) is 0 Å². The van der Waals surface area contributed by atoms with Crippen LogP contribution in [0.4, 0.5) is 0 Å². The van der Waals surface area contributed by atoms with Crippen LogP contribution in [0.3, 0.4) is 0 Å². The minimum absolute atomic E-state index is 0.0134. The highest BCUT2D eigenvalue weighted by Gasteiger charge is 2.35. The van der Waals surface area contributed by atoms with E-state index in [1.165, 1.54) is 49.9 Å². The minimum atomic E-state index is -0.0134. The van der Waals surface area contributed by atoms with E-state index in [1.807, 2.05) is 12.1 Å². The van der Waals surface area contributed by atoms with E-state index < -0.39 is 0 Å². The van der Waals surface area contributed by atoms with E-state index >= 15 is 0 Å². The van der Waals surface area contributed by atoms with Gasteiger partial charge in [-0.2, -0.15) is 0 Å². The molecule has 0 nitrogen and oxygen atoms in total. The molecule has 6 rings (SSSR count). The standard InChI is InChI=1S/C31H23Cl/c1-31(2)28-15-12-21(20-8-4-3-5-9-20)18-26(28)27-19-22(13-16-29(27)31)23-14-17-30(32)25-11-7-6-10-24(23)25/h3-19H,1-2H3. The maximum absolute atomic E-state index is 6.49. The molecule has 0 fully saturated rings. The molecule has 0 heterocycles. The summed E-state index contributed by atoms with van der Waals surface area (Å²) in [6, 6.07) is 37.1. The van der Waals surface area contributed by atoms with E-state index in [9.17, 15) is 0 Å². The minimum Gasteiger partial charge on any atom is -0.0837 e. The molecule has 32 heavy (non-hydrogen) atoms. The normalized spacial score (nSPS) is 13.7. The molecule has 0 atom stereocenters. The van der Waals surface area contributed by atoms with Crippen LogP contribution in [-0.4, -0.2) is 0 Å². The average molecular weight is 431 g/mol. The molecule has 0 N–H and O–H groups in total. The molecular formula is C31H23Cl. The molecule has 1 aliphatic rings. The van der Waals surface area contributed by atoms with Crippen LogP contribution in [-0.2, 0) is 5.41 Å². The molecule has 0 amide bonds. The first-order chi connectivity index (χ1) is 15.5. The zero-order valence-corrected chi connectivity index (χ0v) is 18.9. The van der Waals surface area contributed by atoms with E-state index in [2.05, 4.69) is 105 Å². The number of hydrogen-bond acceptors (Lipinski definition) is 0. The van der Waals surface area contributed by atoms with Crippen molar-refractivity contribution in [1.82, 2.24) is 0 Å². The van der Waals surface area contributed by atoms with Crippen LogP contribution in [0.1, 0.15) is 25.0 Å². The topological polar surface area (TPSA) is 0 Å². The summed E-state index contributed by atoms with van der Waals surface area (Å²) in [4.78, 5) is 0. The number of rotatable bonds is 2. The lowest BCUT2D eigenvalue weighted by Gasteiger charge is -2.21. The predicted molar refractivity (Wildman–Crippen MR) is 137 cm³/mol. The Kier molecular flexibility index (Phi) is 4.28. The quantitative estimate of drug-likeness (QED) is 0.262. The largest absolute Gasteiger partial charge is 0.0837 e. The summed E-state index contributed by atoms with van der Waals surface area (Å²) in [5.74, 6) is 0. The molecule has 0 radical (unpaired) electrons. The third kappa shape index (κ3) is 2.83. The van der Waals surface area contributed by atoms with Crippen LogP contribution < -0.4 is 0 Å². The van der Waals surface area contributed by atoms with Crippen LogP contribution in [0, 0.1) is 0 Å². The van der Waals surface area contributed by atoms with Crippen molar-refractivity contribution in [1.29, 1.82) is 0 Å². The fraction of sp³-hybridized carbons (Fsp3) is 0.0968. The molecular weight excluding hydrogens is 408 g/mol. The fourth-order valence-corrected chi connectivity index (χ4v) is 5.49. The van der Waals surface area contributed by atoms with Gasteiger partial charge in [-0.15, -0.1) is 0 Å². The molecule has 0 bridgehead atoms. The van der Waals surface area contributed by atoms with Crippen molar-refractivity contribution < 1.29 is 0 Å². The lowest BCUT2D eigenvalue weighted by atomic mass is 9.82. The Hall–Kier alpha value is -3.35.